The zero-order valence-electron chi connectivity index (χ0n) is 23.6. The number of hydrogen-bond donors (Lipinski definition) is 5. The monoisotopic (exact) mass is 610 g/mol. The van der Waals surface area contributed by atoms with Gasteiger partial charge in [-0.2, -0.15) is 0 Å². The number of nitrogens with two attached hydrogens (primary N) is 1. The molecule has 1 aliphatic rings. The van der Waals surface area contributed by atoms with Crippen molar-refractivity contribution >= 4 is 47.4 Å². The Morgan fingerprint density at radius 3 is 2.63 bits per heavy atom. The normalized spacial score (nSPS) is 18.7. The molecule has 2 aromatic rings. The third-order valence-corrected chi connectivity index (χ3v) is 7.25. The smallest absolute Gasteiger partial charge is 0.273 e. The number of carbonyl (C=O) groups is 4. The Hall–Kier alpha value is -3.26. The molecule has 14 heteroatoms. The molecule has 0 aliphatic carbocycles. The molecule has 0 saturated heterocycles. The molecule has 41 heavy (non-hydrogen) atoms. The summed E-state index contributed by atoms with van der Waals surface area (Å²) in [5.74, 6) is -1.29. The minimum absolute atomic E-state index is 0. The minimum Gasteiger partial charge on any atom is -0.491 e. The number of nitrogens with one attached hydrogen (secondary N) is 3. The number of rotatable bonds is 5. The van der Waals surface area contributed by atoms with Crippen molar-refractivity contribution in [2.75, 3.05) is 32.8 Å². The third-order valence-electron chi connectivity index (χ3n) is 6.27. The maximum atomic E-state index is 13.3. The van der Waals surface area contributed by atoms with E-state index in [9.17, 15) is 24.3 Å². The highest BCUT2D eigenvalue weighted by Crippen LogP contribution is 2.23. The lowest BCUT2D eigenvalue weighted by atomic mass is 10.1. The van der Waals surface area contributed by atoms with Crippen LogP contribution in [0.2, 0.25) is 0 Å². The summed E-state index contributed by atoms with van der Waals surface area (Å²) in [6, 6.07) is 3.29. The first kappa shape index (κ1) is 33.9. The number of fused-ring (bicyclic) bond motifs is 2. The van der Waals surface area contributed by atoms with Crippen molar-refractivity contribution in [1.82, 2.24) is 25.8 Å². The van der Waals surface area contributed by atoms with Gasteiger partial charge in [0.25, 0.3) is 11.8 Å². The molecule has 4 amide bonds. The quantitative estimate of drug-likeness (QED) is 0.335. The number of aliphatic hydroxyl groups is 1. The van der Waals surface area contributed by atoms with Crippen molar-refractivity contribution in [1.29, 1.82) is 0 Å². The van der Waals surface area contributed by atoms with Gasteiger partial charge in [-0.1, -0.05) is 19.9 Å². The third kappa shape index (κ3) is 9.66. The van der Waals surface area contributed by atoms with Gasteiger partial charge in [-0.3, -0.25) is 19.2 Å². The van der Waals surface area contributed by atoms with E-state index in [4.69, 9.17) is 10.5 Å². The lowest BCUT2D eigenvalue weighted by molar-refractivity contribution is -0.125. The largest absolute Gasteiger partial charge is 0.491 e. The molecule has 12 nitrogen and oxygen atoms in total. The number of aryl methyl sites for hydroxylation is 1. The number of thiazole rings is 1. The van der Waals surface area contributed by atoms with E-state index in [0.29, 0.717) is 23.1 Å². The van der Waals surface area contributed by atoms with Crippen molar-refractivity contribution in [3.63, 3.8) is 0 Å². The first-order chi connectivity index (χ1) is 19.0. The van der Waals surface area contributed by atoms with E-state index < -0.39 is 35.8 Å². The molecule has 1 aromatic carbocycles. The van der Waals surface area contributed by atoms with Crippen LogP contribution >= 0.6 is 23.7 Å². The van der Waals surface area contributed by atoms with Crippen molar-refractivity contribution in [3.05, 3.63) is 45.4 Å². The minimum atomic E-state index is -1.25. The molecule has 0 radical (unpaired) electrons. The molecule has 1 aliphatic heterocycles. The molecular formula is C27H39ClN6O6S. The molecule has 0 saturated carbocycles. The summed E-state index contributed by atoms with van der Waals surface area (Å²) in [6.07, 6.45) is -0.481. The number of carbonyl (C=O) groups excluding carboxylic acids is 4. The van der Waals surface area contributed by atoms with Gasteiger partial charge in [0.2, 0.25) is 11.8 Å². The Labute approximate surface area is 249 Å². The zero-order chi connectivity index (χ0) is 29.4. The van der Waals surface area contributed by atoms with Crippen LogP contribution in [0.1, 0.15) is 64.7 Å². The first-order valence-electron chi connectivity index (χ1n) is 13.2. The molecular weight excluding hydrogens is 572 g/mol. The predicted octanol–water partition coefficient (Wildman–Crippen LogP) is 1.17. The fraction of sp³-hybridized carbons (Fsp3) is 0.519. The SMILES string of the molecule is Cc1ccc2cc1OCCNC(=O)CN(C(=O)c1csc([C@@H](N)CC(C)C)n1)CCNC(=O)[C@H]([C@@H](C)O)NC2=O.Cl. The Balaban J connectivity index is 0.00000588. The van der Waals surface area contributed by atoms with Crippen LogP contribution in [0.25, 0.3) is 0 Å². The summed E-state index contributed by atoms with van der Waals surface area (Å²) in [6.45, 7) is 7.29. The van der Waals surface area contributed by atoms with Crippen molar-refractivity contribution < 1.29 is 29.0 Å². The van der Waals surface area contributed by atoms with Gasteiger partial charge in [0.1, 0.15) is 29.1 Å². The van der Waals surface area contributed by atoms with Gasteiger partial charge < -0.3 is 36.4 Å². The lowest BCUT2D eigenvalue weighted by Crippen LogP contribution is -2.53. The molecule has 6 N–H and O–H groups in total. The summed E-state index contributed by atoms with van der Waals surface area (Å²) < 4.78 is 5.77. The maximum Gasteiger partial charge on any atom is 0.273 e. The van der Waals surface area contributed by atoms with Crippen LogP contribution in [0, 0.1) is 12.8 Å². The van der Waals surface area contributed by atoms with E-state index in [0.717, 1.165) is 5.56 Å². The predicted molar refractivity (Wildman–Crippen MR) is 157 cm³/mol. The van der Waals surface area contributed by atoms with Crippen molar-refractivity contribution in [2.45, 2.75) is 52.3 Å². The number of ether oxygens (including phenoxy) is 1. The fourth-order valence-corrected chi connectivity index (χ4v) is 4.92. The summed E-state index contributed by atoms with van der Waals surface area (Å²) in [5, 5.41) is 20.4. The summed E-state index contributed by atoms with van der Waals surface area (Å²) in [7, 11) is 0. The maximum absolute atomic E-state index is 13.3. The standard InChI is InChI=1S/C27H38N6O6S.ClH/c1-15(2)11-19(28)26-31-20(14-40-26)27(38)33-9-7-30-25(37)23(17(4)34)32-24(36)18-6-5-16(3)21(12-18)39-10-8-29-22(35)13-33;/h5-6,12,14-15,17,19,23,34H,7-11,13,28H2,1-4H3,(H,29,35)(H,30,37)(H,32,36);1H/t17-,19+,23+;/m1./s1. The number of nitrogens with zero attached hydrogens (tertiary/aromatic N) is 2. The van der Waals surface area contributed by atoms with Crippen LogP contribution < -0.4 is 26.4 Å². The first-order valence-corrected chi connectivity index (χ1v) is 14.1. The average molecular weight is 611 g/mol. The van der Waals surface area contributed by atoms with Gasteiger partial charge in [-0.15, -0.1) is 23.7 Å². The van der Waals surface area contributed by atoms with Crippen LogP contribution in [0.3, 0.4) is 0 Å². The number of amides is 4. The topological polar surface area (TPSA) is 176 Å². The second-order valence-corrected chi connectivity index (χ2v) is 11.1. The van der Waals surface area contributed by atoms with Crippen LogP contribution in [0.15, 0.2) is 23.6 Å². The average Bonchev–Trinajstić information content (AvgIpc) is 3.39. The van der Waals surface area contributed by atoms with Gasteiger partial charge >= 0.3 is 0 Å². The number of hydrogen-bond acceptors (Lipinski definition) is 9. The molecule has 226 valence electrons. The summed E-state index contributed by atoms with van der Waals surface area (Å²) >= 11 is 1.29. The van der Waals surface area contributed by atoms with E-state index >= 15 is 0 Å². The number of benzene rings is 1. The number of aliphatic hydroxyl groups excluding tert-OH is 1. The van der Waals surface area contributed by atoms with Gasteiger partial charge in [0.15, 0.2) is 0 Å². The Bertz CT molecular complexity index is 1220. The number of aromatic nitrogens is 1. The van der Waals surface area contributed by atoms with Crippen molar-refractivity contribution in [2.24, 2.45) is 11.7 Å². The molecule has 0 spiro atoms. The van der Waals surface area contributed by atoms with Crippen LogP contribution in [-0.2, 0) is 9.59 Å². The van der Waals surface area contributed by atoms with E-state index in [2.05, 4.69) is 34.8 Å². The molecule has 2 heterocycles. The Morgan fingerprint density at radius 1 is 1.22 bits per heavy atom. The molecule has 3 atom stereocenters. The Morgan fingerprint density at radius 2 is 1.95 bits per heavy atom. The van der Waals surface area contributed by atoms with Crippen LogP contribution in [-0.4, -0.2) is 83.6 Å². The Kier molecular flexibility index (Phi) is 13.0. The van der Waals surface area contributed by atoms with E-state index in [1.165, 1.54) is 29.2 Å². The summed E-state index contributed by atoms with van der Waals surface area (Å²) in [5.41, 5.74) is 7.42. The number of halogens is 1. The second kappa shape index (κ2) is 15.7. The van der Waals surface area contributed by atoms with Gasteiger partial charge in [0.05, 0.1) is 25.2 Å². The highest BCUT2D eigenvalue weighted by Gasteiger charge is 2.28. The zero-order valence-corrected chi connectivity index (χ0v) is 25.3. The molecule has 2 bridgehead atoms. The van der Waals surface area contributed by atoms with Crippen LogP contribution in [0.4, 0.5) is 0 Å². The molecule has 0 fully saturated rings. The lowest BCUT2D eigenvalue weighted by Gasteiger charge is -2.24. The van der Waals surface area contributed by atoms with Gasteiger partial charge in [0, 0.05) is 24.0 Å². The van der Waals surface area contributed by atoms with Gasteiger partial charge in [-0.25, -0.2) is 4.98 Å². The van der Waals surface area contributed by atoms with E-state index in [1.807, 2.05) is 6.92 Å². The van der Waals surface area contributed by atoms with Crippen molar-refractivity contribution in [3.8, 4) is 5.75 Å². The molecule has 1 aromatic heterocycles. The van der Waals surface area contributed by atoms with E-state index in [-0.39, 0.29) is 62.5 Å². The highest BCUT2D eigenvalue weighted by atomic mass is 35.5. The van der Waals surface area contributed by atoms with E-state index in [1.54, 1.807) is 17.5 Å². The van der Waals surface area contributed by atoms with Gasteiger partial charge in [-0.05, 0) is 43.9 Å². The fourth-order valence-electron chi connectivity index (χ4n) is 4.11. The molecule has 3 rings (SSSR count). The summed E-state index contributed by atoms with van der Waals surface area (Å²) in [4.78, 5) is 57.5. The second-order valence-electron chi connectivity index (χ2n) is 10.2. The molecule has 0 unspecified atom stereocenters. The van der Waals surface area contributed by atoms with Crippen LogP contribution in [0.5, 0.6) is 5.75 Å². The highest BCUT2D eigenvalue weighted by molar-refractivity contribution is 7.09.